The molecule has 2 saturated heterocycles. The Hall–Kier alpha value is -1.35. The summed E-state index contributed by atoms with van der Waals surface area (Å²) in [5.74, 6) is -1.58. The number of hydrogen-bond donors (Lipinski definition) is 1. The molecule has 3 fully saturated rings. The van der Waals surface area contributed by atoms with E-state index < -0.39 is 12.1 Å². The number of carbonyl (C=O) groups excluding carboxylic acids is 2. The summed E-state index contributed by atoms with van der Waals surface area (Å²) in [6.45, 7) is 4.87. The second-order valence-electron chi connectivity index (χ2n) is 7.99. The molecule has 2 heterocycles. The molecule has 0 bridgehead atoms. The Kier molecular flexibility index (Phi) is 6.30. The van der Waals surface area contributed by atoms with Crippen molar-refractivity contribution in [1.82, 2.24) is 20.0 Å². The summed E-state index contributed by atoms with van der Waals surface area (Å²) in [7, 11) is 0. The number of nitrogens with one attached hydrogen (secondary N) is 1. The van der Waals surface area contributed by atoms with E-state index in [1.54, 1.807) is 0 Å². The molecule has 27 heavy (non-hydrogen) atoms. The van der Waals surface area contributed by atoms with E-state index in [-0.39, 0.29) is 37.4 Å². The third kappa shape index (κ3) is 5.57. The number of piperazine rings is 1. The number of halogens is 3. The maximum absolute atomic E-state index is 12.9. The Morgan fingerprint density at radius 2 is 1.74 bits per heavy atom. The minimum atomic E-state index is -4.23. The topological polar surface area (TPSA) is 55.9 Å². The Morgan fingerprint density at radius 3 is 2.33 bits per heavy atom. The van der Waals surface area contributed by atoms with Gasteiger partial charge in [-0.2, -0.15) is 13.2 Å². The predicted octanol–water partition coefficient (Wildman–Crippen LogP) is 1.07. The van der Waals surface area contributed by atoms with Crippen LogP contribution in [0.3, 0.4) is 0 Å². The number of carbonyl (C=O) groups is 2. The summed E-state index contributed by atoms with van der Waals surface area (Å²) < 4.78 is 38.8. The normalized spacial score (nSPS) is 26.7. The first-order chi connectivity index (χ1) is 12.7. The van der Waals surface area contributed by atoms with Gasteiger partial charge < -0.3 is 10.2 Å². The van der Waals surface area contributed by atoms with Crippen LogP contribution in [-0.4, -0.2) is 90.6 Å². The Labute approximate surface area is 158 Å². The molecule has 2 amide bonds. The van der Waals surface area contributed by atoms with Crippen molar-refractivity contribution in [3.63, 3.8) is 0 Å². The van der Waals surface area contributed by atoms with E-state index in [0.29, 0.717) is 45.2 Å². The third-order valence-electron chi connectivity index (χ3n) is 5.85. The van der Waals surface area contributed by atoms with E-state index in [0.717, 1.165) is 12.8 Å². The number of hydrogen-bond acceptors (Lipinski definition) is 4. The molecule has 0 aromatic rings. The van der Waals surface area contributed by atoms with E-state index >= 15 is 0 Å². The quantitative estimate of drug-likeness (QED) is 0.763. The number of piperidine rings is 1. The van der Waals surface area contributed by atoms with Crippen LogP contribution in [0.15, 0.2) is 0 Å². The summed E-state index contributed by atoms with van der Waals surface area (Å²) in [6, 6.07) is 0.141. The lowest BCUT2D eigenvalue weighted by atomic mass is 9.97. The van der Waals surface area contributed by atoms with Crippen LogP contribution in [0.2, 0.25) is 0 Å². The number of alkyl halides is 3. The van der Waals surface area contributed by atoms with Gasteiger partial charge in [-0.05, 0) is 32.6 Å². The van der Waals surface area contributed by atoms with Crippen molar-refractivity contribution in [2.24, 2.45) is 5.92 Å². The van der Waals surface area contributed by atoms with Crippen molar-refractivity contribution in [2.75, 3.05) is 45.8 Å². The molecule has 0 aromatic heterocycles. The van der Waals surface area contributed by atoms with Crippen LogP contribution in [0.25, 0.3) is 0 Å². The van der Waals surface area contributed by atoms with E-state index in [1.165, 1.54) is 4.90 Å². The van der Waals surface area contributed by atoms with Gasteiger partial charge in [0, 0.05) is 45.3 Å². The van der Waals surface area contributed by atoms with Crippen molar-refractivity contribution in [1.29, 1.82) is 0 Å². The fraction of sp³-hybridized carbons (Fsp3) is 0.889. The van der Waals surface area contributed by atoms with E-state index in [2.05, 4.69) is 10.2 Å². The molecule has 1 aliphatic carbocycles. The maximum Gasteiger partial charge on any atom is 0.393 e. The fourth-order valence-corrected chi connectivity index (χ4v) is 3.79. The number of likely N-dealkylation sites (tertiary alicyclic amines) is 1. The van der Waals surface area contributed by atoms with E-state index in [9.17, 15) is 22.8 Å². The predicted molar refractivity (Wildman–Crippen MR) is 94.0 cm³/mol. The fourth-order valence-electron chi connectivity index (χ4n) is 3.79. The van der Waals surface area contributed by atoms with Gasteiger partial charge in [-0.15, -0.1) is 0 Å². The third-order valence-corrected chi connectivity index (χ3v) is 5.85. The molecular weight excluding hydrogens is 361 g/mol. The molecule has 2 atom stereocenters. The molecule has 9 heteroatoms. The number of rotatable bonds is 5. The number of nitrogens with zero attached hydrogens (tertiary/aromatic N) is 3. The molecule has 154 valence electrons. The van der Waals surface area contributed by atoms with Crippen molar-refractivity contribution in [3.8, 4) is 0 Å². The molecule has 3 rings (SSSR count). The van der Waals surface area contributed by atoms with Gasteiger partial charge in [-0.25, -0.2) is 0 Å². The molecule has 1 saturated carbocycles. The van der Waals surface area contributed by atoms with Gasteiger partial charge >= 0.3 is 6.18 Å². The summed E-state index contributed by atoms with van der Waals surface area (Å²) in [4.78, 5) is 30.0. The molecule has 0 radical (unpaired) electrons. The van der Waals surface area contributed by atoms with Crippen LogP contribution >= 0.6 is 0 Å². The smallest absolute Gasteiger partial charge is 0.352 e. The first-order valence-corrected chi connectivity index (χ1v) is 9.85. The highest BCUT2D eigenvalue weighted by atomic mass is 19.4. The van der Waals surface area contributed by atoms with Gasteiger partial charge in [0.1, 0.15) is 0 Å². The lowest BCUT2D eigenvalue weighted by Crippen LogP contribution is -2.56. The highest BCUT2D eigenvalue weighted by Crippen LogP contribution is 2.33. The zero-order valence-corrected chi connectivity index (χ0v) is 15.8. The van der Waals surface area contributed by atoms with Crippen LogP contribution < -0.4 is 5.32 Å². The van der Waals surface area contributed by atoms with Gasteiger partial charge in [-0.3, -0.25) is 19.4 Å². The first kappa shape index (κ1) is 20.4. The van der Waals surface area contributed by atoms with Crippen LogP contribution in [0.4, 0.5) is 13.2 Å². The zero-order chi connectivity index (χ0) is 19.6. The van der Waals surface area contributed by atoms with Gasteiger partial charge in [-0.1, -0.05) is 0 Å². The van der Waals surface area contributed by atoms with Crippen molar-refractivity contribution in [3.05, 3.63) is 0 Å². The van der Waals surface area contributed by atoms with Crippen LogP contribution in [-0.2, 0) is 9.59 Å². The van der Waals surface area contributed by atoms with Crippen LogP contribution in [0, 0.1) is 5.92 Å². The highest BCUT2D eigenvalue weighted by Gasteiger charge is 2.42. The average Bonchev–Trinajstić information content (AvgIpc) is 3.45. The maximum atomic E-state index is 12.9. The molecule has 0 spiro atoms. The lowest BCUT2D eigenvalue weighted by Gasteiger charge is -2.39. The van der Waals surface area contributed by atoms with Gasteiger partial charge in [0.2, 0.25) is 11.8 Å². The first-order valence-electron chi connectivity index (χ1n) is 9.85. The Morgan fingerprint density at radius 1 is 1.07 bits per heavy atom. The van der Waals surface area contributed by atoms with Crippen LogP contribution in [0.1, 0.15) is 32.6 Å². The summed E-state index contributed by atoms with van der Waals surface area (Å²) in [5.41, 5.74) is 0. The molecule has 0 aromatic carbocycles. The number of amides is 2. The van der Waals surface area contributed by atoms with Crippen LogP contribution in [0.5, 0.6) is 0 Å². The minimum absolute atomic E-state index is 0.0496. The molecule has 6 nitrogen and oxygen atoms in total. The highest BCUT2D eigenvalue weighted by molar-refractivity contribution is 5.82. The van der Waals surface area contributed by atoms with E-state index in [4.69, 9.17) is 0 Å². The Bertz CT molecular complexity index is 545. The SMILES string of the molecule is CC(C(=O)NC1CC1)N1CCN(CC(=O)N2CCCC(C(F)(F)F)C2)CC1. The van der Waals surface area contributed by atoms with E-state index in [1.807, 2.05) is 11.8 Å². The largest absolute Gasteiger partial charge is 0.393 e. The summed E-state index contributed by atoms with van der Waals surface area (Å²) in [6.07, 6.45) is -1.62. The summed E-state index contributed by atoms with van der Waals surface area (Å²) >= 11 is 0. The molecule has 2 unspecified atom stereocenters. The van der Waals surface area contributed by atoms with Gasteiger partial charge in [0.05, 0.1) is 18.5 Å². The van der Waals surface area contributed by atoms with Gasteiger partial charge in [0.15, 0.2) is 0 Å². The van der Waals surface area contributed by atoms with Gasteiger partial charge in [0.25, 0.3) is 0 Å². The summed E-state index contributed by atoms with van der Waals surface area (Å²) in [5, 5.41) is 3.01. The Balaban J connectivity index is 1.41. The molecule has 3 aliphatic rings. The van der Waals surface area contributed by atoms with Crippen molar-refractivity contribution >= 4 is 11.8 Å². The standard InChI is InChI=1S/C18H29F3N4O2/c1-13(17(27)22-15-4-5-15)24-9-7-23(8-10-24)12-16(26)25-6-2-3-14(11-25)18(19,20)21/h13-15H,2-12H2,1H3,(H,22,27). The second kappa shape index (κ2) is 8.34. The molecule has 2 aliphatic heterocycles. The molecule has 1 N–H and O–H groups in total. The molecular formula is C18H29F3N4O2. The minimum Gasteiger partial charge on any atom is -0.352 e. The monoisotopic (exact) mass is 390 g/mol. The lowest BCUT2D eigenvalue weighted by molar-refractivity contribution is -0.188. The zero-order valence-electron chi connectivity index (χ0n) is 15.8. The average molecular weight is 390 g/mol. The second-order valence-corrected chi connectivity index (χ2v) is 7.99. The van der Waals surface area contributed by atoms with Crippen molar-refractivity contribution < 1.29 is 22.8 Å². The van der Waals surface area contributed by atoms with Crippen molar-refractivity contribution in [2.45, 2.75) is 50.9 Å².